The Morgan fingerprint density at radius 1 is 1.52 bits per heavy atom. The van der Waals surface area contributed by atoms with Crippen molar-refractivity contribution in [3.8, 4) is 5.75 Å². The van der Waals surface area contributed by atoms with Crippen LogP contribution in [0.1, 0.15) is 24.8 Å². The molecule has 0 fully saturated rings. The van der Waals surface area contributed by atoms with Gasteiger partial charge in [0.15, 0.2) is 0 Å². The Balaban J connectivity index is 2.24. The molecule has 0 bridgehead atoms. The normalized spacial score (nSPS) is 17.3. The van der Waals surface area contributed by atoms with Gasteiger partial charge >= 0.3 is 0 Å². The molecule has 0 aliphatic heterocycles. The summed E-state index contributed by atoms with van der Waals surface area (Å²) in [5.41, 5.74) is 0.709. The van der Waals surface area contributed by atoms with Gasteiger partial charge in [-0.3, -0.25) is 4.79 Å². The van der Waals surface area contributed by atoms with Gasteiger partial charge in [0, 0.05) is 12.6 Å². The summed E-state index contributed by atoms with van der Waals surface area (Å²) >= 11 is 0. The smallest absolute Gasteiger partial charge is 0.246 e. The van der Waals surface area contributed by atoms with Gasteiger partial charge in [-0.05, 0) is 43.0 Å². The highest BCUT2D eigenvalue weighted by atomic mass is 19.1. The lowest BCUT2D eigenvalue weighted by Gasteiger charge is -2.31. The first-order valence-electron chi connectivity index (χ1n) is 7.07. The van der Waals surface area contributed by atoms with Gasteiger partial charge in [-0.25, -0.2) is 4.39 Å². The highest BCUT2D eigenvalue weighted by molar-refractivity contribution is 5.87. The second-order valence-electron chi connectivity index (χ2n) is 5.10. The Labute approximate surface area is 124 Å². The fourth-order valence-electron chi connectivity index (χ4n) is 2.56. The van der Waals surface area contributed by atoms with Gasteiger partial charge in [0.1, 0.15) is 11.6 Å². The molecular weight excluding hydrogens is 269 g/mol. The first-order valence-corrected chi connectivity index (χ1v) is 7.07. The number of ether oxygens (including phenoxy) is 1. The fourth-order valence-corrected chi connectivity index (χ4v) is 2.56. The van der Waals surface area contributed by atoms with E-state index in [0.29, 0.717) is 17.9 Å². The van der Waals surface area contributed by atoms with Crippen molar-refractivity contribution in [2.24, 2.45) is 0 Å². The zero-order valence-corrected chi connectivity index (χ0v) is 12.2. The van der Waals surface area contributed by atoms with Crippen molar-refractivity contribution in [1.29, 1.82) is 0 Å². The molecule has 0 aromatic heterocycles. The van der Waals surface area contributed by atoms with Crippen LogP contribution in [0, 0.1) is 5.82 Å². The van der Waals surface area contributed by atoms with Crippen LogP contribution in [0.3, 0.4) is 0 Å². The van der Waals surface area contributed by atoms with Gasteiger partial charge in [0.2, 0.25) is 5.91 Å². The highest BCUT2D eigenvalue weighted by Crippen LogP contribution is 2.22. The van der Waals surface area contributed by atoms with Crippen LogP contribution < -0.4 is 4.74 Å². The summed E-state index contributed by atoms with van der Waals surface area (Å²) in [5.74, 6) is -0.0560. The number of hydrogen-bond acceptors (Lipinski definition) is 2. The number of carbonyl (C=O) groups is 1. The minimum Gasteiger partial charge on any atom is -0.497 e. The van der Waals surface area contributed by atoms with Crippen molar-refractivity contribution in [3.05, 3.63) is 54.4 Å². The molecule has 1 aromatic rings. The summed E-state index contributed by atoms with van der Waals surface area (Å²) in [4.78, 5) is 13.8. The molecule has 21 heavy (non-hydrogen) atoms. The topological polar surface area (TPSA) is 29.5 Å². The Hall–Kier alpha value is -2.10. The van der Waals surface area contributed by atoms with E-state index in [0.717, 1.165) is 19.3 Å². The fraction of sp³-hybridized carbons (Fsp3) is 0.353. The molecule has 1 aliphatic carbocycles. The Kier molecular flexibility index (Phi) is 5.14. The summed E-state index contributed by atoms with van der Waals surface area (Å²) < 4.78 is 18.6. The summed E-state index contributed by atoms with van der Waals surface area (Å²) in [5, 5.41) is 0. The highest BCUT2D eigenvalue weighted by Gasteiger charge is 2.21. The van der Waals surface area contributed by atoms with E-state index in [1.54, 1.807) is 11.0 Å². The summed E-state index contributed by atoms with van der Waals surface area (Å²) in [6.07, 6.45) is 8.45. The molecule has 4 heteroatoms. The number of methoxy groups -OCH3 is 1. The molecule has 112 valence electrons. The molecule has 0 saturated heterocycles. The van der Waals surface area contributed by atoms with Crippen molar-refractivity contribution in [3.63, 3.8) is 0 Å². The Morgan fingerprint density at radius 3 is 2.95 bits per heavy atom. The van der Waals surface area contributed by atoms with Gasteiger partial charge in [0.25, 0.3) is 0 Å². The molecule has 3 nitrogen and oxygen atoms in total. The minimum absolute atomic E-state index is 0.0403. The van der Waals surface area contributed by atoms with E-state index in [-0.39, 0.29) is 17.8 Å². The standard InChI is InChI=1S/C17H20FNO2/c1-3-17(20)19(15-7-5-4-6-8-15)12-13-9-14(18)11-16(10-13)21-2/h3,5,7,9-11,15H,1,4,6,8,12H2,2H3. The Bertz CT molecular complexity index is 554. The van der Waals surface area contributed by atoms with Gasteiger partial charge in [-0.15, -0.1) is 0 Å². The van der Waals surface area contributed by atoms with E-state index >= 15 is 0 Å². The summed E-state index contributed by atoms with van der Waals surface area (Å²) in [6, 6.07) is 4.54. The molecule has 0 radical (unpaired) electrons. The lowest BCUT2D eigenvalue weighted by atomic mass is 10.0. The molecule has 1 aromatic carbocycles. The quantitative estimate of drug-likeness (QED) is 0.613. The average Bonchev–Trinajstić information content (AvgIpc) is 2.52. The summed E-state index contributed by atoms with van der Waals surface area (Å²) in [6.45, 7) is 3.90. The van der Waals surface area contributed by atoms with Crippen molar-refractivity contribution in [1.82, 2.24) is 4.90 Å². The molecule has 1 amide bonds. The van der Waals surface area contributed by atoms with Crippen LogP contribution >= 0.6 is 0 Å². The van der Waals surface area contributed by atoms with Crippen LogP contribution in [0.25, 0.3) is 0 Å². The summed E-state index contributed by atoms with van der Waals surface area (Å²) in [7, 11) is 1.50. The maximum atomic E-state index is 13.6. The third-order valence-electron chi connectivity index (χ3n) is 3.61. The molecule has 1 unspecified atom stereocenters. The zero-order chi connectivity index (χ0) is 15.2. The van der Waals surface area contributed by atoms with Crippen LogP contribution in [0.2, 0.25) is 0 Å². The minimum atomic E-state index is -0.366. The van der Waals surface area contributed by atoms with E-state index in [1.165, 1.54) is 25.3 Å². The molecular formula is C17H20FNO2. The molecule has 0 N–H and O–H groups in total. The first kappa shape index (κ1) is 15.3. The van der Waals surface area contributed by atoms with Gasteiger partial charge in [0.05, 0.1) is 13.2 Å². The van der Waals surface area contributed by atoms with Gasteiger partial charge in [-0.2, -0.15) is 0 Å². The van der Waals surface area contributed by atoms with Gasteiger partial charge in [-0.1, -0.05) is 18.7 Å². The number of carbonyl (C=O) groups excluding carboxylic acids is 1. The predicted molar refractivity (Wildman–Crippen MR) is 80.5 cm³/mol. The maximum absolute atomic E-state index is 13.6. The van der Waals surface area contributed by atoms with E-state index < -0.39 is 0 Å². The zero-order valence-electron chi connectivity index (χ0n) is 12.2. The third-order valence-corrected chi connectivity index (χ3v) is 3.61. The number of rotatable bonds is 5. The van der Waals surface area contributed by atoms with Gasteiger partial charge < -0.3 is 9.64 Å². The SMILES string of the molecule is C=CC(=O)N(Cc1cc(F)cc(OC)c1)C1C=CCCC1. The molecule has 1 aliphatic rings. The van der Waals surface area contributed by atoms with Crippen LogP contribution in [-0.2, 0) is 11.3 Å². The van der Waals surface area contributed by atoms with Crippen LogP contribution in [0.4, 0.5) is 4.39 Å². The molecule has 0 saturated carbocycles. The lowest BCUT2D eigenvalue weighted by Crippen LogP contribution is -2.38. The largest absolute Gasteiger partial charge is 0.497 e. The second kappa shape index (κ2) is 7.07. The van der Waals surface area contributed by atoms with E-state index in [4.69, 9.17) is 4.74 Å². The third kappa shape index (κ3) is 3.94. The number of hydrogen-bond donors (Lipinski definition) is 0. The molecule has 2 rings (SSSR count). The van der Waals surface area contributed by atoms with Crippen molar-refractivity contribution in [2.75, 3.05) is 7.11 Å². The molecule has 0 spiro atoms. The lowest BCUT2D eigenvalue weighted by molar-refractivity contribution is -0.128. The van der Waals surface area contributed by atoms with Crippen molar-refractivity contribution >= 4 is 5.91 Å². The number of allylic oxidation sites excluding steroid dienone is 1. The van der Waals surface area contributed by atoms with Crippen LogP contribution in [0.5, 0.6) is 5.75 Å². The monoisotopic (exact) mass is 289 g/mol. The van der Waals surface area contributed by atoms with Crippen LogP contribution in [0.15, 0.2) is 43.0 Å². The average molecular weight is 289 g/mol. The van der Waals surface area contributed by atoms with E-state index in [9.17, 15) is 9.18 Å². The number of amides is 1. The number of halogens is 1. The van der Waals surface area contributed by atoms with Crippen molar-refractivity contribution < 1.29 is 13.9 Å². The molecule has 0 heterocycles. The van der Waals surface area contributed by atoms with E-state index in [1.807, 2.05) is 6.08 Å². The molecule has 1 atom stereocenters. The number of benzene rings is 1. The van der Waals surface area contributed by atoms with Crippen LogP contribution in [-0.4, -0.2) is 24.0 Å². The first-order chi connectivity index (χ1) is 10.1. The van der Waals surface area contributed by atoms with Crippen molar-refractivity contribution in [2.45, 2.75) is 31.8 Å². The Morgan fingerprint density at radius 2 is 2.33 bits per heavy atom. The maximum Gasteiger partial charge on any atom is 0.246 e. The van der Waals surface area contributed by atoms with E-state index in [2.05, 4.69) is 12.7 Å². The predicted octanol–water partition coefficient (Wildman–Crippen LogP) is 3.46. The number of nitrogens with zero attached hydrogens (tertiary/aromatic N) is 1. The second-order valence-corrected chi connectivity index (χ2v) is 5.10.